The molecule has 1 fully saturated rings. The summed E-state index contributed by atoms with van der Waals surface area (Å²) in [6.45, 7) is 1.60. The van der Waals surface area contributed by atoms with Gasteiger partial charge in [0.15, 0.2) is 0 Å². The number of ketones is 1. The van der Waals surface area contributed by atoms with Gasteiger partial charge in [-0.15, -0.1) is 0 Å². The predicted octanol–water partition coefficient (Wildman–Crippen LogP) is 1.91. The number of carbonyl (C=O) groups excluding carboxylic acids is 1. The van der Waals surface area contributed by atoms with Gasteiger partial charge in [-0.2, -0.15) is 5.26 Å². The first-order valence-corrected chi connectivity index (χ1v) is 4.15. The van der Waals surface area contributed by atoms with Crippen molar-refractivity contribution in [3.8, 4) is 6.07 Å². The number of hydrogen-bond donors (Lipinski definition) is 0. The molecule has 0 aromatic rings. The van der Waals surface area contributed by atoms with Crippen LogP contribution >= 0.6 is 0 Å². The SMILES string of the molecule is CC(=O)[C@@H]1CCCC[C@H]1C#N. The summed E-state index contributed by atoms with van der Waals surface area (Å²) in [7, 11) is 0. The van der Waals surface area contributed by atoms with Crippen LogP contribution in [0.2, 0.25) is 0 Å². The second kappa shape index (κ2) is 3.52. The van der Waals surface area contributed by atoms with Gasteiger partial charge >= 0.3 is 0 Å². The van der Waals surface area contributed by atoms with Crippen molar-refractivity contribution >= 4 is 5.78 Å². The lowest BCUT2D eigenvalue weighted by atomic mass is 9.78. The Morgan fingerprint density at radius 1 is 1.45 bits per heavy atom. The molecule has 0 aliphatic heterocycles. The number of Topliss-reactive ketones (excluding diaryl/α,β-unsaturated/α-hetero) is 1. The zero-order valence-corrected chi connectivity index (χ0v) is 6.84. The summed E-state index contributed by atoms with van der Waals surface area (Å²) >= 11 is 0. The Kier molecular flexibility index (Phi) is 2.64. The van der Waals surface area contributed by atoms with E-state index in [1.165, 1.54) is 0 Å². The lowest BCUT2D eigenvalue weighted by Gasteiger charge is -2.23. The van der Waals surface area contributed by atoms with Crippen molar-refractivity contribution in [3.63, 3.8) is 0 Å². The van der Waals surface area contributed by atoms with E-state index in [9.17, 15) is 4.79 Å². The third-order valence-electron chi connectivity index (χ3n) is 2.45. The molecule has 2 atom stereocenters. The van der Waals surface area contributed by atoms with Gasteiger partial charge < -0.3 is 0 Å². The van der Waals surface area contributed by atoms with Crippen molar-refractivity contribution in [1.29, 1.82) is 5.26 Å². The first kappa shape index (κ1) is 8.26. The van der Waals surface area contributed by atoms with E-state index in [1.807, 2.05) is 0 Å². The zero-order chi connectivity index (χ0) is 8.27. The van der Waals surface area contributed by atoms with Crippen LogP contribution in [0.4, 0.5) is 0 Å². The molecule has 0 radical (unpaired) electrons. The van der Waals surface area contributed by atoms with Crippen molar-refractivity contribution in [2.75, 3.05) is 0 Å². The smallest absolute Gasteiger partial charge is 0.134 e. The van der Waals surface area contributed by atoms with E-state index in [-0.39, 0.29) is 17.6 Å². The fourth-order valence-corrected chi connectivity index (χ4v) is 1.77. The van der Waals surface area contributed by atoms with Gasteiger partial charge in [0.1, 0.15) is 5.78 Å². The van der Waals surface area contributed by atoms with Gasteiger partial charge in [-0.1, -0.05) is 12.8 Å². The van der Waals surface area contributed by atoms with Crippen LogP contribution in [0.5, 0.6) is 0 Å². The van der Waals surface area contributed by atoms with E-state index in [0.717, 1.165) is 25.7 Å². The molecule has 0 aromatic heterocycles. The molecule has 0 saturated heterocycles. The second-order valence-electron chi connectivity index (χ2n) is 3.24. The molecule has 0 unspecified atom stereocenters. The minimum atomic E-state index is 0.00116. The molecule has 1 aliphatic rings. The Hall–Kier alpha value is -0.840. The predicted molar refractivity (Wildman–Crippen MR) is 41.7 cm³/mol. The van der Waals surface area contributed by atoms with Crippen LogP contribution in [0.25, 0.3) is 0 Å². The van der Waals surface area contributed by atoms with Crippen molar-refractivity contribution in [1.82, 2.24) is 0 Å². The number of nitrogens with zero attached hydrogens (tertiary/aromatic N) is 1. The highest BCUT2D eigenvalue weighted by molar-refractivity contribution is 5.79. The number of nitriles is 1. The van der Waals surface area contributed by atoms with Crippen molar-refractivity contribution < 1.29 is 4.79 Å². The van der Waals surface area contributed by atoms with Crippen LogP contribution in [0.15, 0.2) is 0 Å². The van der Waals surface area contributed by atoms with Crippen LogP contribution in [0.1, 0.15) is 32.6 Å². The molecule has 0 aromatic carbocycles. The maximum absolute atomic E-state index is 11.0. The minimum absolute atomic E-state index is 0.00116. The van der Waals surface area contributed by atoms with Crippen LogP contribution in [0.3, 0.4) is 0 Å². The standard InChI is InChI=1S/C9H13NO/c1-7(11)9-5-3-2-4-8(9)6-10/h8-9H,2-5H2,1H3/t8-,9-/m0/s1. The first-order chi connectivity index (χ1) is 5.25. The molecule has 60 valence electrons. The molecular weight excluding hydrogens is 138 g/mol. The fourth-order valence-electron chi connectivity index (χ4n) is 1.77. The summed E-state index contributed by atoms with van der Waals surface area (Å²) < 4.78 is 0. The van der Waals surface area contributed by atoms with Crippen molar-refractivity contribution in [2.45, 2.75) is 32.6 Å². The lowest BCUT2D eigenvalue weighted by molar-refractivity contribution is -0.122. The molecular formula is C9H13NO. The van der Waals surface area contributed by atoms with Crippen molar-refractivity contribution in [2.24, 2.45) is 11.8 Å². The Morgan fingerprint density at radius 2 is 2.09 bits per heavy atom. The van der Waals surface area contributed by atoms with E-state index >= 15 is 0 Å². The van der Waals surface area contributed by atoms with Gasteiger partial charge in [-0.3, -0.25) is 4.79 Å². The summed E-state index contributed by atoms with van der Waals surface area (Å²) in [6.07, 6.45) is 4.07. The minimum Gasteiger partial charge on any atom is -0.300 e. The normalized spacial score (nSPS) is 30.9. The fraction of sp³-hybridized carbons (Fsp3) is 0.778. The first-order valence-electron chi connectivity index (χ1n) is 4.15. The Morgan fingerprint density at radius 3 is 2.55 bits per heavy atom. The maximum atomic E-state index is 11.0. The number of hydrogen-bond acceptors (Lipinski definition) is 2. The second-order valence-corrected chi connectivity index (χ2v) is 3.24. The molecule has 0 bridgehead atoms. The highest BCUT2D eigenvalue weighted by Gasteiger charge is 2.27. The van der Waals surface area contributed by atoms with E-state index in [4.69, 9.17) is 5.26 Å². The third-order valence-corrected chi connectivity index (χ3v) is 2.45. The monoisotopic (exact) mass is 151 g/mol. The number of carbonyl (C=O) groups is 1. The zero-order valence-electron chi connectivity index (χ0n) is 6.84. The van der Waals surface area contributed by atoms with Gasteiger partial charge in [0.2, 0.25) is 0 Å². The Labute approximate surface area is 67.2 Å². The molecule has 0 amide bonds. The molecule has 2 heteroatoms. The van der Waals surface area contributed by atoms with Gasteiger partial charge in [0, 0.05) is 5.92 Å². The summed E-state index contributed by atoms with van der Waals surface area (Å²) in [5, 5.41) is 8.71. The van der Waals surface area contributed by atoms with E-state index in [2.05, 4.69) is 6.07 Å². The molecule has 0 N–H and O–H groups in total. The van der Waals surface area contributed by atoms with Crippen molar-refractivity contribution in [3.05, 3.63) is 0 Å². The Balaban J connectivity index is 2.60. The molecule has 0 spiro atoms. The van der Waals surface area contributed by atoms with Crippen LogP contribution in [-0.2, 0) is 4.79 Å². The van der Waals surface area contributed by atoms with E-state index in [0.29, 0.717) is 0 Å². The molecule has 11 heavy (non-hydrogen) atoms. The summed E-state index contributed by atoms with van der Waals surface area (Å²) in [4.78, 5) is 11.0. The highest BCUT2D eigenvalue weighted by Crippen LogP contribution is 2.29. The maximum Gasteiger partial charge on any atom is 0.134 e. The summed E-state index contributed by atoms with van der Waals surface area (Å²) in [5.41, 5.74) is 0. The van der Waals surface area contributed by atoms with Gasteiger partial charge in [0.05, 0.1) is 12.0 Å². The Bertz CT molecular complexity index is 192. The van der Waals surface area contributed by atoms with Gasteiger partial charge in [-0.25, -0.2) is 0 Å². The average Bonchev–Trinajstić information content (AvgIpc) is 2.04. The topological polar surface area (TPSA) is 40.9 Å². The lowest BCUT2D eigenvalue weighted by Crippen LogP contribution is -2.24. The molecule has 0 heterocycles. The largest absolute Gasteiger partial charge is 0.300 e. The molecule has 1 saturated carbocycles. The van der Waals surface area contributed by atoms with E-state index < -0.39 is 0 Å². The third kappa shape index (κ3) is 1.80. The molecule has 1 rings (SSSR count). The summed E-state index contributed by atoms with van der Waals surface area (Å²) in [5.74, 6) is 0.228. The molecule has 2 nitrogen and oxygen atoms in total. The van der Waals surface area contributed by atoms with Crippen LogP contribution < -0.4 is 0 Å². The van der Waals surface area contributed by atoms with E-state index in [1.54, 1.807) is 6.92 Å². The highest BCUT2D eigenvalue weighted by atomic mass is 16.1. The van der Waals surface area contributed by atoms with Crippen LogP contribution in [-0.4, -0.2) is 5.78 Å². The summed E-state index contributed by atoms with van der Waals surface area (Å²) in [6, 6.07) is 2.21. The van der Waals surface area contributed by atoms with Gasteiger partial charge in [0.25, 0.3) is 0 Å². The van der Waals surface area contributed by atoms with Crippen LogP contribution in [0, 0.1) is 23.2 Å². The number of rotatable bonds is 1. The average molecular weight is 151 g/mol. The van der Waals surface area contributed by atoms with Gasteiger partial charge in [-0.05, 0) is 19.8 Å². The molecule has 1 aliphatic carbocycles. The quantitative estimate of drug-likeness (QED) is 0.574.